The summed E-state index contributed by atoms with van der Waals surface area (Å²) in [6.45, 7) is 0. The second-order valence-corrected chi connectivity index (χ2v) is 6.85. The second kappa shape index (κ2) is 10.7. The van der Waals surface area contributed by atoms with Gasteiger partial charge in [0.05, 0.1) is 5.69 Å². The monoisotopic (exact) mass is 498 g/mol. The molecule has 0 heterocycles. The number of halogens is 6. The molecule has 13 heteroatoms. The van der Waals surface area contributed by atoms with Gasteiger partial charge in [-0.3, -0.25) is 0 Å². The van der Waals surface area contributed by atoms with E-state index in [1.807, 2.05) is 0 Å². The van der Waals surface area contributed by atoms with Crippen molar-refractivity contribution < 1.29 is 40.7 Å². The van der Waals surface area contributed by atoms with Gasteiger partial charge >= 0.3 is 24.6 Å². The number of anilines is 4. The Morgan fingerprint density at radius 3 is 1.60 bits per heavy atom. The van der Waals surface area contributed by atoms with Gasteiger partial charge < -0.3 is 26.0 Å². The lowest BCUT2D eigenvalue weighted by molar-refractivity contribution is -0.252. The van der Waals surface area contributed by atoms with Crippen LogP contribution in [0.1, 0.15) is 0 Å². The quantitative estimate of drug-likeness (QED) is 0.281. The number of alkyl halides is 4. The van der Waals surface area contributed by atoms with Gasteiger partial charge in [-0.1, -0.05) is 0 Å². The Hall–Kier alpha value is -4.42. The summed E-state index contributed by atoms with van der Waals surface area (Å²) in [6.07, 6.45) is -9.04. The van der Waals surface area contributed by atoms with E-state index in [1.54, 1.807) is 0 Å². The highest BCUT2D eigenvalue weighted by atomic mass is 19.3. The number of rotatable bonds is 7. The number of urea groups is 2. The van der Waals surface area contributed by atoms with Gasteiger partial charge in [0.2, 0.25) is 0 Å². The molecule has 0 aliphatic carbocycles. The number of hydrogen-bond acceptors (Lipinski definition) is 3. The average molecular weight is 498 g/mol. The van der Waals surface area contributed by atoms with E-state index in [-0.39, 0.29) is 17.1 Å². The van der Waals surface area contributed by atoms with E-state index >= 15 is 0 Å². The minimum atomic E-state index is -4.88. The molecule has 0 spiro atoms. The normalized spacial score (nSPS) is 11.1. The highest BCUT2D eigenvalue weighted by molar-refractivity contribution is 6.03. The minimum absolute atomic E-state index is 0.0468. The Labute approximate surface area is 194 Å². The van der Waals surface area contributed by atoms with Gasteiger partial charge in [0, 0.05) is 17.1 Å². The summed E-state index contributed by atoms with van der Waals surface area (Å²) in [4.78, 5) is 24.5. The zero-order valence-corrected chi connectivity index (χ0v) is 17.4. The summed E-state index contributed by atoms with van der Waals surface area (Å²) >= 11 is 0. The van der Waals surface area contributed by atoms with Crippen molar-refractivity contribution >= 4 is 34.8 Å². The van der Waals surface area contributed by atoms with Crippen molar-refractivity contribution in [2.75, 3.05) is 21.3 Å². The molecule has 7 nitrogen and oxygen atoms in total. The maximum atomic E-state index is 13.5. The van der Waals surface area contributed by atoms with Crippen LogP contribution in [0.3, 0.4) is 0 Å². The first-order valence-corrected chi connectivity index (χ1v) is 9.68. The van der Waals surface area contributed by atoms with Crippen LogP contribution in [0.15, 0.2) is 66.7 Å². The first kappa shape index (κ1) is 25.2. The molecule has 0 aliphatic heterocycles. The van der Waals surface area contributed by atoms with Gasteiger partial charge in [-0.05, 0) is 66.7 Å². The zero-order chi connectivity index (χ0) is 25.6. The van der Waals surface area contributed by atoms with E-state index in [9.17, 15) is 35.9 Å². The molecule has 0 aromatic heterocycles. The fraction of sp³-hybridized carbons (Fsp3) is 0.0909. The van der Waals surface area contributed by atoms with Crippen molar-refractivity contribution in [2.24, 2.45) is 0 Å². The summed E-state index contributed by atoms with van der Waals surface area (Å²) in [7, 11) is 0. The summed E-state index contributed by atoms with van der Waals surface area (Å²) < 4.78 is 82.2. The third kappa shape index (κ3) is 7.28. The SMILES string of the molecule is O=C(Nc1ccc(F)cc1)Nc1ccc(OC(F)(F)C(F)F)c(NC(=O)Nc2ccc(F)cc2)c1. The molecular formula is C22H16F6N4O3. The lowest BCUT2D eigenvalue weighted by Crippen LogP contribution is -2.34. The molecule has 0 saturated carbocycles. The van der Waals surface area contributed by atoms with Gasteiger partial charge in [-0.15, -0.1) is 0 Å². The number of hydrogen-bond donors (Lipinski definition) is 4. The lowest BCUT2D eigenvalue weighted by Gasteiger charge is -2.20. The minimum Gasteiger partial charge on any atom is -0.426 e. The standard InChI is InChI=1S/C22H16F6N4O3/c23-12-1-5-14(6-2-12)29-20(33)31-16-9-10-18(35-22(27,28)19(25)26)17(11-16)32-21(34)30-15-7-3-13(24)4-8-15/h1-11,19H,(H2,29,31,33)(H2,30,32,34). The lowest BCUT2D eigenvalue weighted by atomic mass is 10.2. The van der Waals surface area contributed by atoms with Crippen LogP contribution in [-0.2, 0) is 0 Å². The molecule has 4 amide bonds. The van der Waals surface area contributed by atoms with Crippen LogP contribution >= 0.6 is 0 Å². The van der Waals surface area contributed by atoms with Gasteiger partial charge in [0.1, 0.15) is 17.4 Å². The van der Waals surface area contributed by atoms with Crippen LogP contribution in [0, 0.1) is 11.6 Å². The van der Waals surface area contributed by atoms with Crippen LogP contribution in [0.25, 0.3) is 0 Å². The molecule has 0 unspecified atom stereocenters. The molecule has 0 fully saturated rings. The maximum absolute atomic E-state index is 13.5. The molecule has 184 valence electrons. The van der Waals surface area contributed by atoms with Crippen molar-refractivity contribution in [3.05, 3.63) is 78.4 Å². The zero-order valence-electron chi connectivity index (χ0n) is 17.4. The number of ether oxygens (including phenoxy) is 1. The molecule has 0 atom stereocenters. The molecule has 0 aliphatic rings. The van der Waals surface area contributed by atoms with Crippen molar-refractivity contribution in [3.63, 3.8) is 0 Å². The Morgan fingerprint density at radius 2 is 1.11 bits per heavy atom. The van der Waals surface area contributed by atoms with Gasteiger partial charge in [-0.25, -0.2) is 18.4 Å². The summed E-state index contributed by atoms with van der Waals surface area (Å²) in [6, 6.07) is 10.4. The molecule has 0 saturated heterocycles. The predicted molar refractivity (Wildman–Crippen MR) is 116 cm³/mol. The predicted octanol–water partition coefficient (Wildman–Crippen LogP) is 6.49. The van der Waals surface area contributed by atoms with Crippen LogP contribution in [-0.4, -0.2) is 24.6 Å². The first-order valence-electron chi connectivity index (χ1n) is 9.68. The Bertz CT molecular complexity index is 1190. The molecule has 0 bridgehead atoms. The van der Waals surface area contributed by atoms with E-state index in [0.717, 1.165) is 42.5 Å². The number of nitrogens with one attached hydrogen (secondary N) is 4. The van der Waals surface area contributed by atoms with Crippen molar-refractivity contribution in [1.82, 2.24) is 0 Å². The number of benzene rings is 3. The van der Waals surface area contributed by atoms with Crippen molar-refractivity contribution in [1.29, 1.82) is 0 Å². The van der Waals surface area contributed by atoms with Gasteiger partial charge in [0.15, 0.2) is 0 Å². The van der Waals surface area contributed by atoms with Gasteiger partial charge in [-0.2, -0.15) is 17.6 Å². The molecule has 3 aromatic carbocycles. The number of carbonyl (C=O) groups is 2. The summed E-state index contributed by atoms with van der Waals surface area (Å²) in [5.74, 6) is -1.92. The molecular weight excluding hydrogens is 482 g/mol. The second-order valence-electron chi connectivity index (χ2n) is 6.85. The van der Waals surface area contributed by atoms with Crippen LogP contribution in [0.4, 0.5) is 58.7 Å². The molecule has 4 N–H and O–H groups in total. The smallest absolute Gasteiger partial charge is 0.426 e. The number of amides is 4. The van der Waals surface area contributed by atoms with E-state index < -0.39 is 47.7 Å². The van der Waals surface area contributed by atoms with Crippen LogP contribution in [0.5, 0.6) is 5.75 Å². The van der Waals surface area contributed by atoms with Crippen LogP contribution < -0.4 is 26.0 Å². The Morgan fingerprint density at radius 1 is 0.686 bits per heavy atom. The first-order chi connectivity index (χ1) is 16.5. The topological polar surface area (TPSA) is 91.5 Å². The summed E-state index contributed by atoms with van der Waals surface area (Å²) in [5, 5.41) is 9.16. The van der Waals surface area contributed by atoms with E-state index in [0.29, 0.717) is 0 Å². The fourth-order valence-corrected chi connectivity index (χ4v) is 2.63. The summed E-state index contributed by atoms with van der Waals surface area (Å²) in [5.41, 5.74) is -0.173. The molecule has 0 radical (unpaired) electrons. The van der Waals surface area contributed by atoms with Gasteiger partial charge in [0.25, 0.3) is 0 Å². The fourth-order valence-electron chi connectivity index (χ4n) is 2.63. The average Bonchev–Trinajstić information content (AvgIpc) is 2.78. The molecule has 3 aromatic rings. The Balaban J connectivity index is 1.79. The highest BCUT2D eigenvalue weighted by Crippen LogP contribution is 2.34. The third-order valence-corrected chi connectivity index (χ3v) is 4.19. The van der Waals surface area contributed by atoms with Crippen LogP contribution in [0.2, 0.25) is 0 Å². The third-order valence-electron chi connectivity index (χ3n) is 4.19. The highest BCUT2D eigenvalue weighted by Gasteiger charge is 2.44. The molecule has 3 rings (SSSR count). The van der Waals surface area contributed by atoms with Crippen molar-refractivity contribution in [3.8, 4) is 5.75 Å². The van der Waals surface area contributed by atoms with E-state index in [1.165, 1.54) is 24.3 Å². The van der Waals surface area contributed by atoms with Crippen molar-refractivity contribution in [2.45, 2.75) is 12.5 Å². The number of carbonyl (C=O) groups excluding carboxylic acids is 2. The largest absolute Gasteiger partial charge is 0.461 e. The van der Waals surface area contributed by atoms with E-state index in [4.69, 9.17) is 0 Å². The maximum Gasteiger partial charge on any atom is 0.461 e. The Kier molecular flexibility index (Phi) is 7.69. The van der Waals surface area contributed by atoms with E-state index in [2.05, 4.69) is 26.0 Å². The molecule has 35 heavy (non-hydrogen) atoms.